The lowest BCUT2D eigenvalue weighted by Gasteiger charge is -2.24. The summed E-state index contributed by atoms with van der Waals surface area (Å²) in [5, 5.41) is 8.95. The molecular weight excluding hydrogens is 452 g/mol. The van der Waals surface area contributed by atoms with Gasteiger partial charge in [0.25, 0.3) is 5.91 Å². The molecule has 1 aliphatic heterocycles. The van der Waals surface area contributed by atoms with Crippen LogP contribution in [0.15, 0.2) is 36.5 Å². The van der Waals surface area contributed by atoms with Gasteiger partial charge in [0, 0.05) is 43.9 Å². The van der Waals surface area contributed by atoms with Gasteiger partial charge in [-0.05, 0) is 62.6 Å². The fraction of sp³-hybridized carbons (Fsp3) is 0.400. The van der Waals surface area contributed by atoms with Crippen molar-refractivity contribution < 1.29 is 29.0 Å². The zero-order valence-corrected chi connectivity index (χ0v) is 20.3. The molecule has 3 N–H and O–H groups in total. The van der Waals surface area contributed by atoms with Crippen molar-refractivity contribution in [2.75, 3.05) is 7.05 Å². The van der Waals surface area contributed by atoms with Crippen LogP contribution in [0.5, 0.6) is 0 Å². The van der Waals surface area contributed by atoms with E-state index in [0.717, 1.165) is 11.1 Å². The summed E-state index contributed by atoms with van der Waals surface area (Å²) in [5.41, 5.74) is 8.28. The van der Waals surface area contributed by atoms with Gasteiger partial charge in [0.05, 0.1) is 5.69 Å². The quantitative estimate of drug-likeness (QED) is 0.589. The fourth-order valence-corrected chi connectivity index (χ4v) is 3.87. The second-order valence-corrected chi connectivity index (χ2v) is 9.54. The molecule has 1 unspecified atom stereocenters. The van der Waals surface area contributed by atoms with Crippen LogP contribution in [0, 0.1) is 0 Å². The molecule has 1 atom stereocenters. The Bertz CT molecular complexity index is 1160. The van der Waals surface area contributed by atoms with Gasteiger partial charge in [0.15, 0.2) is 0 Å². The average Bonchev–Trinajstić information content (AvgIpc) is 3.08. The predicted octanol–water partition coefficient (Wildman–Crippen LogP) is 2.79. The molecule has 0 saturated carbocycles. The molecule has 186 valence electrons. The third kappa shape index (κ3) is 6.34. The molecule has 0 aliphatic carbocycles. The summed E-state index contributed by atoms with van der Waals surface area (Å²) >= 11 is 0. The zero-order valence-electron chi connectivity index (χ0n) is 20.3. The second kappa shape index (κ2) is 10.1. The molecular formula is C25H30N4O6. The van der Waals surface area contributed by atoms with Crippen molar-refractivity contribution in [3.05, 3.63) is 53.2 Å². The number of rotatable bonds is 8. The summed E-state index contributed by atoms with van der Waals surface area (Å²) in [6.07, 6.45) is 0.895. The first-order chi connectivity index (χ1) is 16.4. The summed E-state index contributed by atoms with van der Waals surface area (Å²) in [5.74, 6) is -2.16. The lowest BCUT2D eigenvalue weighted by Crippen LogP contribution is -2.45. The molecule has 3 rings (SSSR count). The van der Waals surface area contributed by atoms with Crippen LogP contribution in [0.1, 0.15) is 55.1 Å². The van der Waals surface area contributed by atoms with E-state index in [-0.39, 0.29) is 25.3 Å². The molecule has 0 spiro atoms. The van der Waals surface area contributed by atoms with Crippen LogP contribution in [-0.4, -0.2) is 62.5 Å². The number of nitrogens with two attached hydrogens (primary N) is 1. The van der Waals surface area contributed by atoms with E-state index in [0.29, 0.717) is 23.4 Å². The second-order valence-electron chi connectivity index (χ2n) is 9.54. The van der Waals surface area contributed by atoms with Crippen molar-refractivity contribution in [1.29, 1.82) is 0 Å². The molecule has 1 aliphatic rings. The molecule has 0 bridgehead atoms. The van der Waals surface area contributed by atoms with Gasteiger partial charge < -0.3 is 25.4 Å². The highest BCUT2D eigenvalue weighted by molar-refractivity contribution is 6.01. The van der Waals surface area contributed by atoms with Crippen LogP contribution in [-0.2, 0) is 27.4 Å². The molecule has 0 fully saturated rings. The number of carbonyl (C=O) groups is 4. The minimum absolute atomic E-state index is 0.0496. The molecule has 0 saturated heterocycles. The molecule has 1 aromatic carbocycles. The Morgan fingerprint density at radius 1 is 1.23 bits per heavy atom. The van der Waals surface area contributed by atoms with Crippen molar-refractivity contribution in [2.45, 2.75) is 58.3 Å². The molecule has 0 radical (unpaired) electrons. The zero-order chi connectivity index (χ0) is 25.9. The van der Waals surface area contributed by atoms with Crippen LogP contribution in [0.25, 0.3) is 11.3 Å². The number of hydrogen-bond acceptors (Lipinski definition) is 6. The monoisotopic (exact) mass is 482 g/mol. The van der Waals surface area contributed by atoms with Crippen molar-refractivity contribution in [3.63, 3.8) is 0 Å². The number of aromatic nitrogens is 1. The van der Waals surface area contributed by atoms with Gasteiger partial charge in [-0.3, -0.25) is 19.4 Å². The summed E-state index contributed by atoms with van der Waals surface area (Å²) in [7, 11) is 1.66. The van der Waals surface area contributed by atoms with Crippen molar-refractivity contribution in [1.82, 2.24) is 14.8 Å². The van der Waals surface area contributed by atoms with Gasteiger partial charge in [-0.2, -0.15) is 0 Å². The lowest BCUT2D eigenvalue weighted by atomic mass is 10.0. The number of carboxylic acids is 1. The Labute approximate surface area is 203 Å². The Balaban J connectivity index is 1.78. The Morgan fingerprint density at radius 2 is 1.94 bits per heavy atom. The number of aliphatic carboxylic acids is 1. The van der Waals surface area contributed by atoms with Gasteiger partial charge in [0.2, 0.25) is 5.91 Å². The SMILES string of the molecule is CN(Cc1ccnc(-c2ccc3c(c2)CN(C(CCC(=O)O)C(N)=O)C3=O)c1)C(=O)OC(C)(C)C. The van der Waals surface area contributed by atoms with E-state index in [2.05, 4.69) is 4.98 Å². The molecule has 2 aromatic rings. The van der Waals surface area contributed by atoms with Crippen LogP contribution < -0.4 is 5.73 Å². The fourth-order valence-electron chi connectivity index (χ4n) is 3.87. The normalized spacial score (nSPS) is 13.8. The smallest absolute Gasteiger partial charge is 0.410 e. The van der Waals surface area contributed by atoms with Gasteiger partial charge in [0.1, 0.15) is 11.6 Å². The minimum Gasteiger partial charge on any atom is -0.481 e. The third-order valence-electron chi connectivity index (χ3n) is 5.52. The third-order valence-corrected chi connectivity index (χ3v) is 5.52. The molecule has 1 aromatic heterocycles. The Kier molecular flexibility index (Phi) is 7.42. The topological polar surface area (TPSA) is 143 Å². The van der Waals surface area contributed by atoms with E-state index < -0.39 is 29.6 Å². The first-order valence-corrected chi connectivity index (χ1v) is 11.2. The molecule has 2 heterocycles. The average molecular weight is 483 g/mol. The van der Waals surface area contributed by atoms with Crippen LogP contribution in [0.4, 0.5) is 4.79 Å². The van der Waals surface area contributed by atoms with E-state index >= 15 is 0 Å². The summed E-state index contributed by atoms with van der Waals surface area (Å²) in [6, 6.07) is 7.93. The number of primary amides is 1. The Hall–Kier alpha value is -3.95. The minimum atomic E-state index is -1.06. The summed E-state index contributed by atoms with van der Waals surface area (Å²) in [4.78, 5) is 55.2. The van der Waals surface area contributed by atoms with Crippen LogP contribution in [0.3, 0.4) is 0 Å². The first kappa shape index (κ1) is 25.7. The number of pyridine rings is 1. The maximum atomic E-state index is 12.9. The number of carboxylic acid groups (broad SMARTS) is 1. The van der Waals surface area contributed by atoms with E-state index in [1.54, 1.807) is 46.1 Å². The predicted molar refractivity (Wildman–Crippen MR) is 127 cm³/mol. The van der Waals surface area contributed by atoms with Crippen molar-refractivity contribution >= 4 is 23.9 Å². The van der Waals surface area contributed by atoms with Crippen molar-refractivity contribution in [3.8, 4) is 11.3 Å². The van der Waals surface area contributed by atoms with Crippen LogP contribution in [0.2, 0.25) is 0 Å². The number of amides is 3. The van der Waals surface area contributed by atoms with E-state index in [4.69, 9.17) is 15.6 Å². The van der Waals surface area contributed by atoms with E-state index in [9.17, 15) is 19.2 Å². The maximum absolute atomic E-state index is 12.9. The van der Waals surface area contributed by atoms with E-state index in [1.165, 1.54) is 9.80 Å². The lowest BCUT2D eigenvalue weighted by molar-refractivity contribution is -0.137. The standard InChI is InChI=1S/C25H30N4O6/c1-25(2,3)35-24(34)28(4)13-15-9-10-27-19(11-15)16-5-6-18-17(12-16)14-29(23(18)33)20(22(26)32)7-8-21(30)31/h5-6,9-12,20H,7-8,13-14H2,1-4H3,(H2,26,32)(H,30,31). The number of hydrogen-bond donors (Lipinski definition) is 2. The highest BCUT2D eigenvalue weighted by Gasteiger charge is 2.35. The number of carbonyl (C=O) groups excluding carboxylic acids is 3. The molecule has 3 amide bonds. The van der Waals surface area contributed by atoms with Crippen molar-refractivity contribution in [2.24, 2.45) is 5.73 Å². The van der Waals surface area contributed by atoms with Gasteiger partial charge in [-0.25, -0.2) is 4.79 Å². The van der Waals surface area contributed by atoms with E-state index in [1.807, 2.05) is 18.2 Å². The largest absolute Gasteiger partial charge is 0.481 e. The number of ether oxygens (including phenoxy) is 1. The highest BCUT2D eigenvalue weighted by atomic mass is 16.6. The Morgan fingerprint density at radius 3 is 2.57 bits per heavy atom. The molecule has 10 nitrogen and oxygen atoms in total. The number of fused-ring (bicyclic) bond motifs is 1. The highest BCUT2D eigenvalue weighted by Crippen LogP contribution is 2.30. The van der Waals surface area contributed by atoms with Crippen LogP contribution >= 0.6 is 0 Å². The maximum Gasteiger partial charge on any atom is 0.410 e. The first-order valence-electron chi connectivity index (χ1n) is 11.2. The van der Waals surface area contributed by atoms with Gasteiger partial charge >= 0.3 is 12.1 Å². The number of nitrogens with zero attached hydrogens (tertiary/aromatic N) is 3. The van der Waals surface area contributed by atoms with Gasteiger partial charge in [-0.1, -0.05) is 6.07 Å². The summed E-state index contributed by atoms with van der Waals surface area (Å²) < 4.78 is 5.39. The van der Waals surface area contributed by atoms with Gasteiger partial charge in [-0.15, -0.1) is 0 Å². The molecule has 35 heavy (non-hydrogen) atoms. The summed E-state index contributed by atoms with van der Waals surface area (Å²) in [6.45, 7) is 5.89. The molecule has 10 heteroatoms. The number of benzene rings is 1.